The number of hydrogen-bond acceptors (Lipinski definition) is 4. The van der Waals surface area contributed by atoms with E-state index in [0.717, 1.165) is 0 Å². The molecule has 140 valence electrons. The van der Waals surface area contributed by atoms with Gasteiger partial charge in [-0.15, -0.1) is 0 Å². The summed E-state index contributed by atoms with van der Waals surface area (Å²) in [4.78, 5) is 29.1. The Balaban J connectivity index is 1.87. The van der Waals surface area contributed by atoms with Crippen LogP contribution in [0.5, 0.6) is 0 Å². The molecular formula is C19H23FN2O4. The summed E-state index contributed by atoms with van der Waals surface area (Å²) in [5.41, 5.74) is -0.777. The maximum Gasteiger partial charge on any atom is 0.254 e. The molecule has 0 unspecified atom stereocenters. The van der Waals surface area contributed by atoms with E-state index in [4.69, 9.17) is 4.74 Å². The molecule has 2 aromatic rings. The first-order valence-electron chi connectivity index (χ1n) is 8.67. The molecule has 1 aromatic heterocycles. The number of methoxy groups -OCH3 is 1. The Hall–Kier alpha value is -2.25. The molecule has 2 atom stereocenters. The summed E-state index contributed by atoms with van der Waals surface area (Å²) in [6.07, 6.45) is 0.957. The number of carbonyl (C=O) groups is 1. The van der Waals surface area contributed by atoms with Gasteiger partial charge in [-0.25, -0.2) is 4.39 Å². The SMILES string of the molecule is COCC[C@]1(O)CCN(C(=O)c2cc(=O)[nH]c3cc(F)ccc23)C[C@H]1C. The monoisotopic (exact) mass is 362 g/mol. The van der Waals surface area contributed by atoms with E-state index in [2.05, 4.69) is 4.98 Å². The maximum atomic E-state index is 13.4. The van der Waals surface area contributed by atoms with Gasteiger partial charge in [-0.2, -0.15) is 0 Å². The lowest BCUT2D eigenvalue weighted by atomic mass is 9.79. The van der Waals surface area contributed by atoms with E-state index in [0.29, 0.717) is 43.4 Å². The number of aromatic nitrogens is 1. The van der Waals surface area contributed by atoms with E-state index < -0.39 is 17.0 Å². The van der Waals surface area contributed by atoms with Crippen molar-refractivity contribution in [1.82, 2.24) is 9.88 Å². The number of aliphatic hydroxyl groups is 1. The van der Waals surface area contributed by atoms with Gasteiger partial charge in [0.2, 0.25) is 5.56 Å². The molecule has 2 N–H and O–H groups in total. The van der Waals surface area contributed by atoms with Crippen molar-refractivity contribution in [2.45, 2.75) is 25.4 Å². The van der Waals surface area contributed by atoms with E-state index in [1.165, 1.54) is 24.3 Å². The van der Waals surface area contributed by atoms with Gasteiger partial charge in [0.05, 0.1) is 16.7 Å². The molecule has 2 heterocycles. The maximum absolute atomic E-state index is 13.4. The topological polar surface area (TPSA) is 82.6 Å². The van der Waals surface area contributed by atoms with Gasteiger partial charge in [-0.05, 0) is 31.0 Å². The lowest BCUT2D eigenvalue weighted by Gasteiger charge is -2.43. The van der Waals surface area contributed by atoms with Crippen LogP contribution in [0.3, 0.4) is 0 Å². The van der Waals surface area contributed by atoms with Crippen molar-refractivity contribution in [3.8, 4) is 0 Å². The molecule has 1 saturated heterocycles. The molecule has 3 rings (SSSR count). The normalized spacial score (nSPS) is 23.4. The van der Waals surface area contributed by atoms with Crippen molar-refractivity contribution in [1.29, 1.82) is 0 Å². The van der Waals surface area contributed by atoms with Crippen LogP contribution in [0.1, 0.15) is 30.1 Å². The standard InChI is InChI=1S/C19H23FN2O4/c1-12-11-22(7-5-19(12,25)6-8-26-2)18(24)15-10-17(23)21-16-9-13(20)3-4-14(15)16/h3-4,9-10,12,25H,5-8,11H2,1-2H3,(H,21,23)/t12-,19-/m1/s1. The zero-order valence-corrected chi connectivity index (χ0v) is 14.9. The van der Waals surface area contributed by atoms with Crippen molar-refractivity contribution >= 4 is 16.8 Å². The molecular weight excluding hydrogens is 339 g/mol. The molecule has 1 aromatic carbocycles. The van der Waals surface area contributed by atoms with E-state index in [1.807, 2.05) is 6.92 Å². The van der Waals surface area contributed by atoms with Crippen LogP contribution >= 0.6 is 0 Å². The number of nitrogens with one attached hydrogen (secondary N) is 1. The fourth-order valence-electron chi connectivity index (χ4n) is 3.58. The molecule has 0 radical (unpaired) electrons. The molecule has 7 heteroatoms. The average Bonchev–Trinajstić information content (AvgIpc) is 2.61. The van der Waals surface area contributed by atoms with Crippen LogP contribution in [-0.4, -0.2) is 53.3 Å². The molecule has 1 amide bonds. The van der Waals surface area contributed by atoms with Crippen LogP contribution in [0.15, 0.2) is 29.1 Å². The Bertz CT molecular complexity index is 881. The van der Waals surface area contributed by atoms with Crippen LogP contribution in [0.4, 0.5) is 4.39 Å². The largest absolute Gasteiger partial charge is 0.389 e. The van der Waals surface area contributed by atoms with Gasteiger partial charge >= 0.3 is 0 Å². The Kier molecular flexibility index (Phi) is 5.11. The smallest absolute Gasteiger partial charge is 0.254 e. The molecule has 0 bridgehead atoms. The van der Waals surface area contributed by atoms with E-state index in [-0.39, 0.29) is 17.4 Å². The Morgan fingerprint density at radius 1 is 1.46 bits per heavy atom. The third-order valence-electron chi connectivity index (χ3n) is 5.29. The minimum Gasteiger partial charge on any atom is -0.389 e. The third kappa shape index (κ3) is 3.50. The summed E-state index contributed by atoms with van der Waals surface area (Å²) < 4.78 is 18.5. The summed E-state index contributed by atoms with van der Waals surface area (Å²) in [6, 6.07) is 5.21. The number of likely N-dealkylation sites (tertiary alicyclic amines) is 1. The molecule has 26 heavy (non-hydrogen) atoms. The summed E-state index contributed by atoms with van der Waals surface area (Å²) >= 11 is 0. The molecule has 6 nitrogen and oxygen atoms in total. The number of halogens is 1. The highest BCUT2D eigenvalue weighted by Gasteiger charge is 2.40. The Morgan fingerprint density at radius 2 is 2.23 bits per heavy atom. The molecule has 0 saturated carbocycles. The number of pyridine rings is 1. The number of ether oxygens (including phenoxy) is 1. The predicted octanol–water partition coefficient (Wildman–Crippen LogP) is 1.92. The van der Waals surface area contributed by atoms with Crippen molar-refractivity contribution < 1.29 is 19.0 Å². The van der Waals surface area contributed by atoms with Crippen LogP contribution in [0, 0.1) is 11.7 Å². The fraction of sp³-hybridized carbons (Fsp3) is 0.474. The number of amides is 1. The summed E-state index contributed by atoms with van der Waals surface area (Å²) in [7, 11) is 1.59. The molecule has 1 aliphatic heterocycles. The zero-order valence-electron chi connectivity index (χ0n) is 14.9. The molecule has 0 aliphatic carbocycles. The number of rotatable bonds is 4. The van der Waals surface area contributed by atoms with Crippen molar-refractivity contribution in [3.05, 3.63) is 46.0 Å². The number of H-pyrrole nitrogens is 1. The van der Waals surface area contributed by atoms with Gasteiger partial charge in [0.15, 0.2) is 0 Å². The Labute approximate surface area is 150 Å². The first-order valence-corrected chi connectivity index (χ1v) is 8.67. The van der Waals surface area contributed by atoms with Crippen molar-refractivity contribution in [2.75, 3.05) is 26.8 Å². The van der Waals surface area contributed by atoms with Gasteiger partial charge in [0.25, 0.3) is 5.91 Å². The Morgan fingerprint density at radius 3 is 2.92 bits per heavy atom. The number of hydrogen-bond donors (Lipinski definition) is 2. The highest BCUT2D eigenvalue weighted by molar-refractivity contribution is 6.06. The highest BCUT2D eigenvalue weighted by Crippen LogP contribution is 2.32. The van der Waals surface area contributed by atoms with E-state index in [9.17, 15) is 19.1 Å². The first-order chi connectivity index (χ1) is 12.3. The minimum atomic E-state index is -0.869. The third-order valence-corrected chi connectivity index (χ3v) is 5.29. The highest BCUT2D eigenvalue weighted by atomic mass is 19.1. The number of benzene rings is 1. The van der Waals surface area contributed by atoms with Gasteiger partial charge < -0.3 is 19.7 Å². The number of nitrogens with zero attached hydrogens (tertiary/aromatic N) is 1. The van der Waals surface area contributed by atoms with Crippen LogP contribution in [0.2, 0.25) is 0 Å². The second kappa shape index (κ2) is 7.17. The van der Waals surface area contributed by atoms with Crippen LogP contribution in [-0.2, 0) is 4.74 Å². The summed E-state index contributed by atoms with van der Waals surface area (Å²) in [5, 5.41) is 11.3. The van der Waals surface area contributed by atoms with Crippen LogP contribution in [0.25, 0.3) is 10.9 Å². The van der Waals surface area contributed by atoms with Gasteiger partial charge in [-0.3, -0.25) is 9.59 Å². The second-order valence-corrected chi connectivity index (χ2v) is 6.99. The second-order valence-electron chi connectivity index (χ2n) is 6.99. The van der Waals surface area contributed by atoms with Crippen molar-refractivity contribution in [3.63, 3.8) is 0 Å². The van der Waals surface area contributed by atoms with E-state index >= 15 is 0 Å². The number of fused-ring (bicyclic) bond motifs is 1. The number of piperidine rings is 1. The lowest BCUT2D eigenvalue weighted by molar-refractivity contribution is -0.0750. The predicted molar refractivity (Wildman–Crippen MR) is 95.7 cm³/mol. The first kappa shape index (κ1) is 18.5. The van der Waals surface area contributed by atoms with Gasteiger partial charge in [0.1, 0.15) is 5.82 Å². The number of carbonyl (C=O) groups excluding carboxylic acids is 1. The van der Waals surface area contributed by atoms with Gasteiger partial charge in [-0.1, -0.05) is 6.92 Å². The van der Waals surface area contributed by atoms with Crippen molar-refractivity contribution in [2.24, 2.45) is 5.92 Å². The quantitative estimate of drug-likeness (QED) is 0.871. The fourth-order valence-corrected chi connectivity index (χ4v) is 3.58. The van der Waals surface area contributed by atoms with Gasteiger partial charge in [0, 0.05) is 44.2 Å². The van der Waals surface area contributed by atoms with Crippen LogP contribution < -0.4 is 5.56 Å². The van der Waals surface area contributed by atoms with E-state index in [1.54, 1.807) is 12.0 Å². The lowest BCUT2D eigenvalue weighted by Crippen LogP contribution is -2.53. The average molecular weight is 362 g/mol. The minimum absolute atomic E-state index is 0.124. The summed E-state index contributed by atoms with van der Waals surface area (Å²) in [5.74, 6) is -0.887. The molecule has 0 spiro atoms. The zero-order chi connectivity index (χ0) is 18.9. The number of aromatic amines is 1. The molecule has 1 aliphatic rings. The molecule has 1 fully saturated rings. The summed E-state index contributed by atoms with van der Waals surface area (Å²) in [6.45, 7) is 3.13.